The quantitative estimate of drug-likeness (QED) is 0.567. The molecule has 0 saturated heterocycles. The highest BCUT2D eigenvalue weighted by atomic mass is 16.5. The molecule has 1 aromatic rings. The summed E-state index contributed by atoms with van der Waals surface area (Å²) in [5.74, 6) is 1.02. The number of benzene rings is 1. The van der Waals surface area contributed by atoms with Crippen LogP contribution < -0.4 is 4.74 Å². The molecule has 1 aliphatic heterocycles. The molecule has 0 fully saturated rings. The first-order valence-electron chi connectivity index (χ1n) is 4.18. The number of ether oxygens (including phenoxy) is 1. The van der Waals surface area contributed by atoms with Crippen LogP contribution in [0.25, 0.3) is 5.57 Å². The maximum absolute atomic E-state index is 5.50. The van der Waals surface area contributed by atoms with Crippen molar-refractivity contribution in [2.45, 2.75) is 13.8 Å². The summed E-state index contributed by atoms with van der Waals surface area (Å²) in [6, 6.07) is 6.18. The number of fused-ring (bicyclic) bond motifs is 1. The number of hydrogen-bond donors (Lipinski definition) is 0. The van der Waals surface area contributed by atoms with Gasteiger partial charge in [0.15, 0.2) is 0 Å². The summed E-state index contributed by atoms with van der Waals surface area (Å²) in [6.45, 7) is 4.96. The summed E-state index contributed by atoms with van der Waals surface area (Å²) in [5, 5.41) is 0. The Hall–Kier alpha value is -1.24. The van der Waals surface area contributed by atoms with E-state index in [4.69, 9.17) is 4.74 Å². The molecule has 12 heavy (non-hydrogen) atoms. The third-order valence-corrected chi connectivity index (χ3v) is 2.26. The first-order chi connectivity index (χ1) is 5.79. The lowest BCUT2D eigenvalue weighted by Gasteiger charge is -2.17. The van der Waals surface area contributed by atoms with Gasteiger partial charge in [0, 0.05) is 5.56 Å². The SMILES string of the molecule is CC1=CCOc2cccc(C)c21. The average Bonchev–Trinajstić information content (AvgIpc) is 2.04. The largest absolute Gasteiger partial charge is 0.489 e. The minimum Gasteiger partial charge on any atom is -0.489 e. The number of hydrogen-bond acceptors (Lipinski definition) is 1. The summed E-state index contributed by atoms with van der Waals surface area (Å²) >= 11 is 0. The molecular weight excluding hydrogens is 148 g/mol. The van der Waals surface area contributed by atoms with Crippen LogP contribution in [-0.4, -0.2) is 6.61 Å². The zero-order valence-corrected chi connectivity index (χ0v) is 7.42. The molecule has 0 aromatic heterocycles. The van der Waals surface area contributed by atoms with Crippen molar-refractivity contribution in [3.63, 3.8) is 0 Å². The third-order valence-electron chi connectivity index (χ3n) is 2.26. The maximum atomic E-state index is 5.50. The second kappa shape index (κ2) is 2.67. The van der Waals surface area contributed by atoms with Gasteiger partial charge in [-0.2, -0.15) is 0 Å². The molecule has 0 bridgehead atoms. The Labute approximate surface area is 72.7 Å². The fourth-order valence-electron chi connectivity index (χ4n) is 1.62. The summed E-state index contributed by atoms with van der Waals surface area (Å²) in [6.07, 6.45) is 2.12. The van der Waals surface area contributed by atoms with E-state index in [9.17, 15) is 0 Å². The van der Waals surface area contributed by atoms with Crippen molar-refractivity contribution in [3.05, 3.63) is 35.4 Å². The van der Waals surface area contributed by atoms with Gasteiger partial charge >= 0.3 is 0 Å². The third kappa shape index (κ3) is 1.02. The smallest absolute Gasteiger partial charge is 0.127 e. The lowest BCUT2D eigenvalue weighted by molar-refractivity contribution is 0.357. The summed E-state index contributed by atoms with van der Waals surface area (Å²) in [5.41, 5.74) is 3.89. The van der Waals surface area contributed by atoms with E-state index in [0.29, 0.717) is 6.61 Å². The molecule has 0 atom stereocenters. The average molecular weight is 160 g/mol. The van der Waals surface area contributed by atoms with E-state index >= 15 is 0 Å². The van der Waals surface area contributed by atoms with Gasteiger partial charge in [0.1, 0.15) is 12.4 Å². The van der Waals surface area contributed by atoms with Crippen molar-refractivity contribution < 1.29 is 4.74 Å². The van der Waals surface area contributed by atoms with Crippen molar-refractivity contribution in [1.82, 2.24) is 0 Å². The molecule has 0 radical (unpaired) electrons. The van der Waals surface area contributed by atoms with Gasteiger partial charge in [0.05, 0.1) is 0 Å². The minimum absolute atomic E-state index is 0.711. The first kappa shape index (κ1) is 7.41. The molecule has 0 aliphatic carbocycles. The van der Waals surface area contributed by atoms with E-state index in [1.54, 1.807) is 0 Å². The van der Waals surface area contributed by atoms with Crippen molar-refractivity contribution in [1.29, 1.82) is 0 Å². The van der Waals surface area contributed by atoms with Crippen LogP contribution in [0.5, 0.6) is 5.75 Å². The van der Waals surface area contributed by atoms with Crippen LogP contribution in [0.4, 0.5) is 0 Å². The predicted octanol–water partition coefficient (Wildman–Crippen LogP) is 2.79. The Morgan fingerprint density at radius 1 is 1.25 bits per heavy atom. The highest BCUT2D eigenvalue weighted by molar-refractivity contribution is 5.73. The summed E-state index contributed by atoms with van der Waals surface area (Å²) < 4.78 is 5.50. The van der Waals surface area contributed by atoms with Crippen molar-refractivity contribution in [2.24, 2.45) is 0 Å². The molecule has 62 valence electrons. The van der Waals surface area contributed by atoms with Crippen LogP contribution in [0.3, 0.4) is 0 Å². The molecule has 1 nitrogen and oxygen atoms in total. The van der Waals surface area contributed by atoms with E-state index in [1.807, 2.05) is 12.1 Å². The van der Waals surface area contributed by atoms with Crippen molar-refractivity contribution in [2.75, 3.05) is 6.61 Å². The summed E-state index contributed by atoms with van der Waals surface area (Å²) in [4.78, 5) is 0. The zero-order valence-electron chi connectivity index (χ0n) is 7.42. The normalized spacial score (nSPS) is 14.7. The molecule has 1 aromatic carbocycles. The Bertz CT molecular complexity index is 337. The maximum Gasteiger partial charge on any atom is 0.127 e. The molecule has 1 heterocycles. The first-order valence-corrected chi connectivity index (χ1v) is 4.18. The lowest BCUT2D eigenvalue weighted by atomic mass is 9.99. The number of allylic oxidation sites excluding steroid dienone is 1. The monoisotopic (exact) mass is 160 g/mol. The van der Waals surface area contributed by atoms with Gasteiger partial charge in [-0.3, -0.25) is 0 Å². The molecule has 0 saturated carbocycles. The second-order valence-corrected chi connectivity index (χ2v) is 3.15. The van der Waals surface area contributed by atoms with Gasteiger partial charge in [-0.05, 0) is 37.1 Å². The number of rotatable bonds is 0. The van der Waals surface area contributed by atoms with Crippen LogP contribution in [-0.2, 0) is 0 Å². The molecule has 0 unspecified atom stereocenters. The summed E-state index contributed by atoms with van der Waals surface area (Å²) in [7, 11) is 0. The molecule has 1 heteroatoms. The van der Waals surface area contributed by atoms with E-state index < -0.39 is 0 Å². The van der Waals surface area contributed by atoms with E-state index in [2.05, 4.69) is 26.0 Å². The molecule has 0 N–H and O–H groups in total. The van der Waals surface area contributed by atoms with Crippen LogP contribution in [0.1, 0.15) is 18.1 Å². The molecule has 0 amide bonds. The second-order valence-electron chi connectivity index (χ2n) is 3.15. The van der Waals surface area contributed by atoms with Gasteiger partial charge in [0.25, 0.3) is 0 Å². The van der Waals surface area contributed by atoms with E-state index in [-0.39, 0.29) is 0 Å². The van der Waals surface area contributed by atoms with E-state index in [1.165, 1.54) is 16.7 Å². The Balaban J connectivity index is 2.64. The van der Waals surface area contributed by atoms with Crippen LogP contribution >= 0.6 is 0 Å². The van der Waals surface area contributed by atoms with Crippen molar-refractivity contribution >= 4 is 5.57 Å². The Kier molecular flexibility index (Phi) is 1.65. The fourth-order valence-corrected chi connectivity index (χ4v) is 1.62. The molecule has 1 aliphatic rings. The van der Waals surface area contributed by atoms with Crippen LogP contribution in [0.2, 0.25) is 0 Å². The topological polar surface area (TPSA) is 9.23 Å². The van der Waals surface area contributed by atoms with Gasteiger partial charge in [-0.1, -0.05) is 12.1 Å². The van der Waals surface area contributed by atoms with Gasteiger partial charge < -0.3 is 4.74 Å². The Morgan fingerprint density at radius 3 is 2.83 bits per heavy atom. The number of aryl methyl sites for hydroxylation is 1. The van der Waals surface area contributed by atoms with E-state index in [0.717, 1.165) is 5.75 Å². The zero-order chi connectivity index (χ0) is 8.55. The van der Waals surface area contributed by atoms with Crippen LogP contribution in [0.15, 0.2) is 24.3 Å². The lowest BCUT2D eigenvalue weighted by Crippen LogP contribution is -2.04. The minimum atomic E-state index is 0.711. The highest BCUT2D eigenvalue weighted by Crippen LogP contribution is 2.31. The molecule has 2 rings (SSSR count). The highest BCUT2D eigenvalue weighted by Gasteiger charge is 2.11. The Morgan fingerprint density at radius 2 is 2.08 bits per heavy atom. The van der Waals surface area contributed by atoms with Gasteiger partial charge in [-0.25, -0.2) is 0 Å². The van der Waals surface area contributed by atoms with Crippen LogP contribution in [0, 0.1) is 6.92 Å². The molecular formula is C11H12O. The van der Waals surface area contributed by atoms with Crippen molar-refractivity contribution in [3.8, 4) is 5.75 Å². The molecule has 0 spiro atoms. The fraction of sp³-hybridized carbons (Fsp3) is 0.273. The standard InChI is InChI=1S/C11H12O/c1-8-4-3-5-10-11(8)9(2)6-7-12-10/h3-6H,7H2,1-2H3. The van der Waals surface area contributed by atoms with Gasteiger partial charge in [-0.15, -0.1) is 0 Å². The predicted molar refractivity (Wildman–Crippen MR) is 50.3 cm³/mol. The van der Waals surface area contributed by atoms with Gasteiger partial charge in [0.2, 0.25) is 0 Å².